The minimum Gasteiger partial charge on any atom is -0.309 e. The highest BCUT2D eigenvalue weighted by Crippen LogP contribution is 2.25. The molecular weight excluding hydrogens is 246 g/mol. The summed E-state index contributed by atoms with van der Waals surface area (Å²) in [5.74, 6) is -1.12. The van der Waals surface area contributed by atoms with E-state index in [1.807, 2.05) is 26.0 Å². The molecule has 100 valence electrons. The summed E-state index contributed by atoms with van der Waals surface area (Å²) in [6, 6.07) is 7.12. The van der Waals surface area contributed by atoms with Crippen LogP contribution in [0.15, 0.2) is 30.3 Å². The first-order chi connectivity index (χ1) is 9.01. The summed E-state index contributed by atoms with van der Waals surface area (Å²) in [6.45, 7) is 3.79. The molecule has 2 aromatic rings. The van der Waals surface area contributed by atoms with Crippen LogP contribution in [0.4, 0.5) is 8.78 Å². The van der Waals surface area contributed by atoms with Crippen molar-refractivity contribution in [3.63, 3.8) is 0 Å². The lowest BCUT2D eigenvalue weighted by Crippen LogP contribution is -2.19. The first kappa shape index (κ1) is 13.6. The van der Waals surface area contributed by atoms with E-state index < -0.39 is 11.6 Å². The van der Waals surface area contributed by atoms with Gasteiger partial charge in [0.25, 0.3) is 0 Å². The summed E-state index contributed by atoms with van der Waals surface area (Å²) in [4.78, 5) is 4.30. The summed E-state index contributed by atoms with van der Waals surface area (Å²) in [6.07, 6.45) is 0. The molecular formula is C15H16F2N2. The fourth-order valence-electron chi connectivity index (χ4n) is 2.27. The van der Waals surface area contributed by atoms with Gasteiger partial charge in [-0.1, -0.05) is 6.07 Å². The molecule has 0 aliphatic rings. The molecule has 0 fully saturated rings. The predicted molar refractivity (Wildman–Crippen MR) is 71.0 cm³/mol. The van der Waals surface area contributed by atoms with E-state index in [1.54, 1.807) is 7.05 Å². The van der Waals surface area contributed by atoms with Crippen LogP contribution in [0.2, 0.25) is 0 Å². The zero-order valence-electron chi connectivity index (χ0n) is 11.2. The quantitative estimate of drug-likeness (QED) is 0.918. The number of halogens is 2. The normalized spacial score (nSPS) is 12.5. The third kappa shape index (κ3) is 2.96. The Hall–Kier alpha value is -1.81. The van der Waals surface area contributed by atoms with Gasteiger partial charge in [-0.05, 0) is 44.7 Å². The van der Waals surface area contributed by atoms with Gasteiger partial charge >= 0.3 is 0 Å². The van der Waals surface area contributed by atoms with Gasteiger partial charge in [0.1, 0.15) is 11.6 Å². The van der Waals surface area contributed by atoms with Crippen LogP contribution in [0.25, 0.3) is 0 Å². The predicted octanol–water partition coefficient (Wildman–Crippen LogP) is 3.29. The molecule has 0 spiro atoms. The first-order valence-electron chi connectivity index (χ1n) is 6.08. The molecule has 1 aromatic heterocycles. The number of benzene rings is 1. The number of aryl methyl sites for hydroxylation is 2. The molecule has 0 saturated carbocycles. The largest absolute Gasteiger partial charge is 0.309 e. The minimum atomic E-state index is -0.571. The van der Waals surface area contributed by atoms with Gasteiger partial charge in [-0.3, -0.25) is 4.98 Å². The lowest BCUT2D eigenvalue weighted by molar-refractivity contribution is 0.551. The number of rotatable bonds is 3. The van der Waals surface area contributed by atoms with E-state index in [-0.39, 0.29) is 6.04 Å². The standard InChI is InChI=1S/C15H16F2N2/c1-9-6-11(7-10(2)19-9)15(18-3)13-5-4-12(16)8-14(13)17/h4-8,15,18H,1-3H3. The molecule has 4 heteroatoms. The summed E-state index contributed by atoms with van der Waals surface area (Å²) < 4.78 is 26.9. The van der Waals surface area contributed by atoms with Gasteiger partial charge in [0.05, 0.1) is 6.04 Å². The summed E-state index contributed by atoms with van der Waals surface area (Å²) in [5, 5.41) is 3.06. The van der Waals surface area contributed by atoms with E-state index in [4.69, 9.17) is 0 Å². The number of pyridine rings is 1. The van der Waals surface area contributed by atoms with Crippen molar-refractivity contribution >= 4 is 0 Å². The van der Waals surface area contributed by atoms with E-state index in [1.165, 1.54) is 12.1 Å². The lowest BCUT2D eigenvalue weighted by Gasteiger charge is -2.19. The zero-order valence-corrected chi connectivity index (χ0v) is 11.2. The van der Waals surface area contributed by atoms with E-state index in [0.29, 0.717) is 5.56 Å². The van der Waals surface area contributed by atoms with Crippen molar-refractivity contribution in [2.45, 2.75) is 19.9 Å². The molecule has 1 atom stereocenters. The molecule has 0 radical (unpaired) electrons. The van der Waals surface area contributed by atoms with Crippen molar-refractivity contribution < 1.29 is 8.78 Å². The van der Waals surface area contributed by atoms with Crippen molar-refractivity contribution in [1.29, 1.82) is 0 Å². The van der Waals surface area contributed by atoms with Gasteiger partial charge in [-0.15, -0.1) is 0 Å². The molecule has 19 heavy (non-hydrogen) atoms. The third-order valence-electron chi connectivity index (χ3n) is 3.00. The topological polar surface area (TPSA) is 24.9 Å². The molecule has 0 saturated heterocycles. The van der Waals surface area contributed by atoms with Gasteiger partial charge in [0.2, 0.25) is 0 Å². The van der Waals surface area contributed by atoms with E-state index in [9.17, 15) is 8.78 Å². The van der Waals surface area contributed by atoms with Crippen molar-refractivity contribution in [1.82, 2.24) is 10.3 Å². The highest BCUT2D eigenvalue weighted by atomic mass is 19.1. The van der Waals surface area contributed by atoms with Crippen molar-refractivity contribution in [3.05, 3.63) is 64.5 Å². The number of nitrogens with zero attached hydrogens (tertiary/aromatic N) is 1. The molecule has 1 aromatic carbocycles. The van der Waals surface area contributed by atoms with Crippen LogP contribution >= 0.6 is 0 Å². The molecule has 0 aliphatic carbocycles. The van der Waals surface area contributed by atoms with Crippen molar-refractivity contribution in [2.24, 2.45) is 0 Å². The average Bonchev–Trinajstić information content (AvgIpc) is 2.31. The highest BCUT2D eigenvalue weighted by molar-refractivity contribution is 5.34. The minimum absolute atomic E-state index is 0.319. The second kappa shape index (κ2) is 5.45. The maximum atomic E-state index is 13.9. The molecule has 2 nitrogen and oxygen atoms in total. The van der Waals surface area contributed by atoms with Gasteiger partial charge in [0.15, 0.2) is 0 Å². The van der Waals surface area contributed by atoms with Crippen LogP contribution in [0.5, 0.6) is 0 Å². The van der Waals surface area contributed by atoms with Gasteiger partial charge in [-0.25, -0.2) is 8.78 Å². The third-order valence-corrected chi connectivity index (χ3v) is 3.00. The van der Waals surface area contributed by atoms with E-state index in [0.717, 1.165) is 23.0 Å². The highest BCUT2D eigenvalue weighted by Gasteiger charge is 2.17. The second-order valence-electron chi connectivity index (χ2n) is 4.57. The number of hydrogen-bond acceptors (Lipinski definition) is 2. The van der Waals surface area contributed by atoms with Crippen LogP contribution in [-0.2, 0) is 0 Å². The van der Waals surface area contributed by atoms with Crippen LogP contribution in [0.1, 0.15) is 28.6 Å². The molecule has 1 heterocycles. The van der Waals surface area contributed by atoms with E-state index >= 15 is 0 Å². The Bertz CT molecular complexity index is 576. The maximum Gasteiger partial charge on any atom is 0.131 e. The molecule has 1 N–H and O–H groups in total. The van der Waals surface area contributed by atoms with Crippen molar-refractivity contribution in [2.75, 3.05) is 7.05 Å². The van der Waals surface area contributed by atoms with Crippen molar-refractivity contribution in [3.8, 4) is 0 Å². The van der Waals surface area contributed by atoms with E-state index in [2.05, 4.69) is 10.3 Å². The Morgan fingerprint density at radius 2 is 1.68 bits per heavy atom. The zero-order chi connectivity index (χ0) is 14.0. The molecule has 0 aliphatic heterocycles. The summed E-state index contributed by atoms with van der Waals surface area (Å²) in [7, 11) is 1.75. The fraction of sp³-hybridized carbons (Fsp3) is 0.267. The number of hydrogen-bond donors (Lipinski definition) is 1. The Morgan fingerprint density at radius 3 is 2.21 bits per heavy atom. The Kier molecular flexibility index (Phi) is 3.90. The first-order valence-corrected chi connectivity index (χ1v) is 6.08. The van der Waals surface area contributed by atoms with Crippen LogP contribution in [0.3, 0.4) is 0 Å². The molecule has 2 rings (SSSR count). The molecule has 0 bridgehead atoms. The molecule has 1 unspecified atom stereocenters. The van der Waals surface area contributed by atoms with Crippen LogP contribution < -0.4 is 5.32 Å². The second-order valence-corrected chi connectivity index (χ2v) is 4.57. The maximum absolute atomic E-state index is 13.9. The summed E-state index contributed by atoms with van der Waals surface area (Å²) >= 11 is 0. The Balaban J connectivity index is 2.49. The fourth-order valence-corrected chi connectivity index (χ4v) is 2.27. The summed E-state index contributed by atoms with van der Waals surface area (Å²) in [5.41, 5.74) is 3.09. The van der Waals surface area contributed by atoms with Crippen LogP contribution in [0, 0.1) is 25.5 Å². The monoisotopic (exact) mass is 262 g/mol. The number of nitrogens with one attached hydrogen (secondary N) is 1. The molecule has 0 amide bonds. The van der Waals surface area contributed by atoms with Gasteiger partial charge in [-0.2, -0.15) is 0 Å². The van der Waals surface area contributed by atoms with Gasteiger partial charge < -0.3 is 5.32 Å². The Labute approximate surface area is 111 Å². The SMILES string of the molecule is CNC(c1cc(C)nc(C)c1)c1ccc(F)cc1F. The Morgan fingerprint density at radius 1 is 1.05 bits per heavy atom. The average molecular weight is 262 g/mol. The smallest absolute Gasteiger partial charge is 0.131 e. The van der Waals surface area contributed by atoms with Crippen LogP contribution in [-0.4, -0.2) is 12.0 Å². The van der Waals surface area contributed by atoms with Gasteiger partial charge in [0, 0.05) is 23.0 Å². The number of aromatic nitrogens is 1. The lowest BCUT2D eigenvalue weighted by atomic mass is 9.98.